The summed E-state index contributed by atoms with van der Waals surface area (Å²) in [5.41, 5.74) is 6.20. The van der Waals surface area contributed by atoms with Crippen LogP contribution in [0.25, 0.3) is 0 Å². The van der Waals surface area contributed by atoms with Crippen molar-refractivity contribution in [3.63, 3.8) is 0 Å². The molecule has 0 unspecified atom stereocenters. The molecule has 1 atom stereocenters. The molecular formula is C28H28ClN3O4. The molecule has 0 saturated carbocycles. The standard InChI is InChI=1S/C28H28ClN3O4/c1-3-35-26-14-21(8-13-25(26)36-18-20-6-9-23(29)10-7-20)16-30-31-28(34)22-15-27(33)32(17-22)24-11-4-19(2)5-12-24/h4-14,16,22H,3,15,17-18H2,1-2H3,(H,31,34)/b30-16+/t22-/m0/s1. The second-order valence-corrected chi connectivity index (χ2v) is 8.97. The van der Waals surface area contributed by atoms with Crippen molar-refractivity contribution in [3.05, 3.63) is 88.4 Å². The number of amides is 2. The SMILES string of the molecule is CCOc1cc(/C=N/NC(=O)[C@H]2CC(=O)N(c3ccc(C)cc3)C2)ccc1OCc1ccc(Cl)cc1. The molecule has 4 rings (SSSR count). The predicted octanol–water partition coefficient (Wildman–Crippen LogP) is 5.13. The van der Waals surface area contributed by atoms with Crippen molar-refractivity contribution in [3.8, 4) is 11.5 Å². The lowest BCUT2D eigenvalue weighted by atomic mass is 10.1. The van der Waals surface area contributed by atoms with Gasteiger partial charge in [-0.1, -0.05) is 41.4 Å². The highest BCUT2D eigenvalue weighted by Crippen LogP contribution is 2.29. The third-order valence-corrected chi connectivity index (χ3v) is 6.06. The maximum absolute atomic E-state index is 12.6. The number of nitrogens with zero attached hydrogens (tertiary/aromatic N) is 2. The fourth-order valence-electron chi connectivity index (χ4n) is 3.85. The monoisotopic (exact) mass is 505 g/mol. The largest absolute Gasteiger partial charge is 0.490 e. The number of aryl methyl sites for hydroxylation is 1. The van der Waals surface area contributed by atoms with E-state index in [4.69, 9.17) is 21.1 Å². The van der Waals surface area contributed by atoms with Gasteiger partial charge in [0.1, 0.15) is 6.61 Å². The highest BCUT2D eigenvalue weighted by atomic mass is 35.5. The van der Waals surface area contributed by atoms with E-state index in [0.29, 0.717) is 36.3 Å². The van der Waals surface area contributed by atoms with E-state index in [9.17, 15) is 9.59 Å². The number of hydrogen-bond acceptors (Lipinski definition) is 5. The van der Waals surface area contributed by atoms with Gasteiger partial charge in [-0.3, -0.25) is 9.59 Å². The number of carbonyl (C=O) groups is 2. The Morgan fingerprint density at radius 1 is 1.08 bits per heavy atom. The van der Waals surface area contributed by atoms with Gasteiger partial charge in [0, 0.05) is 23.7 Å². The number of carbonyl (C=O) groups excluding carboxylic acids is 2. The molecule has 8 heteroatoms. The first kappa shape index (κ1) is 25.3. The van der Waals surface area contributed by atoms with Gasteiger partial charge in [-0.15, -0.1) is 0 Å². The molecule has 1 fully saturated rings. The highest BCUT2D eigenvalue weighted by molar-refractivity contribution is 6.30. The normalized spacial score (nSPS) is 15.4. The Bertz CT molecular complexity index is 1240. The number of halogens is 1. The quantitative estimate of drug-likeness (QED) is 0.323. The minimum Gasteiger partial charge on any atom is -0.490 e. The number of hydrazone groups is 1. The molecule has 36 heavy (non-hydrogen) atoms. The van der Waals surface area contributed by atoms with Gasteiger partial charge in [0.25, 0.3) is 0 Å². The van der Waals surface area contributed by atoms with Crippen LogP contribution < -0.4 is 19.8 Å². The first-order chi connectivity index (χ1) is 17.4. The summed E-state index contributed by atoms with van der Waals surface area (Å²) in [5, 5.41) is 4.76. The van der Waals surface area contributed by atoms with Gasteiger partial charge in [-0.25, -0.2) is 5.43 Å². The van der Waals surface area contributed by atoms with Gasteiger partial charge in [0.15, 0.2) is 11.5 Å². The van der Waals surface area contributed by atoms with E-state index in [1.165, 1.54) is 6.21 Å². The summed E-state index contributed by atoms with van der Waals surface area (Å²) < 4.78 is 11.7. The van der Waals surface area contributed by atoms with Crippen molar-refractivity contribution in [2.24, 2.45) is 11.0 Å². The van der Waals surface area contributed by atoms with Crippen LogP contribution in [0, 0.1) is 12.8 Å². The van der Waals surface area contributed by atoms with Gasteiger partial charge < -0.3 is 14.4 Å². The molecule has 1 aliphatic rings. The Labute approximate surface area is 215 Å². The van der Waals surface area contributed by atoms with Gasteiger partial charge in [-0.2, -0.15) is 5.10 Å². The first-order valence-corrected chi connectivity index (χ1v) is 12.1. The van der Waals surface area contributed by atoms with Crippen LogP contribution >= 0.6 is 11.6 Å². The molecule has 1 heterocycles. The fourth-order valence-corrected chi connectivity index (χ4v) is 3.98. The van der Waals surface area contributed by atoms with Crippen LogP contribution in [-0.2, 0) is 16.2 Å². The average molecular weight is 506 g/mol. The lowest BCUT2D eigenvalue weighted by Gasteiger charge is -2.16. The van der Waals surface area contributed by atoms with E-state index in [2.05, 4.69) is 10.5 Å². The Morgan fingerprint density at radius 3 is 2.56 bits per heavy atom. The maximum atomic E-state index is 12.6. The van der Waals surface area contributed by atoms with E-state index in [1.807, 2.05) is 68.4 Å². The zero-order valence-corrected chi connectivity index (χ0v) is 21.0. The van der Waals surface area contributed by atoms with Gasteiger partial charge in [-0.05, 0) is 67.4 Å². The second kappa shape index (κ2) is 11.7. The van der Waals surface area contributed by atoms with Crippen LogP contribution in [-0.4, -0.2) is 31.2 Å². The summed E-state index contributed by atoms with van der Waals surface area (Å²) >= 11 is 5.94. The molecule has 0 spiro atoms. The van der Waals surface area contributed by atoms with E-state index >= 15 is 0 Å². The van der Waals surface area contributed by atoms with E-state index in [1.54, 1.807) is 17.0 Å². The van der Waals surface area contributed by atoms with Crippen molar-refractivity contribution >= 4 is 35.3 Å². The van der Waals surface area contributed by atoms with Crippen molar-refractivity contribution in [1.82, 2.24) is 5.43 Å². The van der Waals surface area contributed by atoms with Crippen molar-refractivity contribution in [2.45, 2.75) is 26.9 Å². The van der Waals surface area contributed by atoms with Crippen molar-refractivity contribution in [2.75, 3.05) is 18.1 Å². The number of anilines is 1. The topological polar surface area (TPSA) is 80.2 Å². The number of rotatable bonds is 9. The lowest BCUT2D eigenvalue weighted by Crippen LogP contribution is -2.30. The molecule has 0 bridgehead atoms. The predicted molar refractivity (Wildman–Crippen MR) is 141 cm³/mol. The number of benzene rings is 3. The van der Waals surface area contributed by atoms with Gasteiger partial charge in [0.05, 0.1) is 18.7 Å². The summed E-state index contributed by atoms with van der Waals surface area (Å²) in [6.45, 7) is 5.07. The van der Waals surface area contributed by atoms with Crippen LogP contribution in [0.15, 0.2) is 71.8 Å². The molecule has 186 valence electrons. The van der Waals surface area contributed by atoms with E-state index in [0.717, 1.165) is 22.4 Å². The molecule has 2 amide bonds. The van der Waals surface area contributed by atoms with Crippen LogP contribution in [0.3, 0.4) is 0 Å². The van der Waals surface area contributed by atoms with Crippen LogP contribution in [0.5, 0.6) is 11.5 Å². The number of ether oxygens (including phenoxy) is 2. The summed E-state index contributed by atoms with van der Waals surface area (Å²) in [7, 11) is 0. The molecule has 0 aromatic heterocycles. The van der Waals surface area contributed by atoms with Crippen molar-refractivity contribution in [1.29, 1.82) is 0 Å². The van der Waals surface area contributed by atoms with Crippen molar-refractivity contribution < 1.29 is 19.1 Å². The molecule has 1 saturated heterocycles. The second-order valence-electron chi connectivity index (χ2n) is 8.53. The molecule has 3 aromatic rings. The Kier molecular flexibility index (Phi) is 8.23. The zero-order valence-electron chi connectivity index (χ0n) is 20.2. The minimum atomic E-state index is -0.460. The average Bonchev–Trinajstić information content (AvgIpc) is 3.27. The van der Waals surface area contributed by atoms with Gasteiger partial charge in [0.2, 0.25) is 11.8 Å². The molecular weight excluding hydrogens is 478 g/mol. The molecule has 3 aromatic carbocycles. The maximum Gasteiger partial charge on any atom is 0.245 e. The van der Waals surface area contributed by atoms with Crippen LogP contribution in [0.2, 0.25) is 5.02 Å². The summed E-state index contributed by atoms with van der Waals surface area (Å²) in [5.74, 6) is 0.366. The third-order valence-electron chi connectivity index (χ3n) is 5.81. The molecule has 0 radical (unpaired) electrons. The highest BCUT2D eigenvalue weighted by Gasteiger charge is 2.35. The molecule has 1 N–H and O–H groups in total. The molecule has 7 nitrogen and oxygen atoms in total. The Hall–Kier alpha value is -3.84. The fraction of sp³-hybridized carbons (Fsp3) is 0.250. The smallest absolute Gasteiger partial charge is 0.245 e. The summed E-state index contributed by atoms with van der Waals surface area (Å²) in [4.78, 5) is 26.7. The Balaban J connectivity index is 1.35. The minimum absolute atomic E-state index is 0.0708. The van der Waals surface area contributed by atoms with E-state index in [-0.39, 0.29) is 18.2 Å². The summed E-state index contributed by atoms with van der Waals surface area (Å²) in [6, 6.07) is 20.6. The number of hydrogen-bond donors (Lipinski definition) is 1. The lowest BCUT2D eigenvalue weighted by molar-refractivity contribution is -0.126. The number of nitrogens with one attached hydrogen (secondary N) is 1. The van der Waals surface area contributed by atoms with E-state index < -0.39 is 5.92 Å². The Morgan fingerprint density at radius 2 is 1.83 bits per heavy atom. The van der Waals surface area contributed by atoms with Crippen LogP contribution in [0.4, 0.5) is 5.69 Å². The third kappa shape index (κ3) is 6.43. The van der Waals surface area contributed by atoms with Crippen LogP contribution in [0.1, 0.15) is 30.0 Å². The zero-order chi connectivity index (χ0) is 25.5. The molecule has 0 aliphatic carbocycles. The summed E-state index contributed by atoms with van der Waals surface area (Å²) in [6.07, 6.45) is 1.70. The van der Waals surface area contributed by atoms with Gasteiger partial charge >= 0.3 is 0 Å². The molecule has 1 aliphatic heterocycles. The first-order valence-electron chi connectivity index (χ1n) is 11.8.